The molecule has 6 nitrogen and oxygen atoms in total. The fraction of sp³-hybridized carbons (Fsp3) is 0.133. The zero-order chi connectivity index (χ0) is 18.9. The highest BCUT2D eigenvalue weighted by molar-refractivity contribution is 9.10. The Balaban J connectivity index is 1.98. The van der Waals surface area contributed by atoms with Crippen LogP contribution in [0.25, 0.3) is 0 Å². The van der Waals surface area contributed by atoms with Gasteiger partial charge in [0.05, 0.1) is 9.79 Å². The first-order chi connectivity index (χ1) is 12.2. The molecule has 0 spiro atoms. The SMILES string of the molecule is O=S(=O)(N=C1SCCN1S(=O)(=O)c1ccc(Br)cc1)c1ccc(Br)cc1. The first kappa shape index (κ1) is 19.9. The Morgan fingerprint density at radius 2 is 1.35 bits per heavy atom. The fourth-order valence-corrected chi connectivity index (χ4v) is 6.73. The molecule has 1 fully saturated rings. The molecule has 0 bridgehead atoms. The van der Waals surface area contributed by atoms with E-state index >= 15 is 0 Å². The van der Waals surface area contributed by atoms with Crippen LogP contribution in [0, 0.1) is 0 Å². The molecule has 2 aromatic rings. The average Bonchev–Trinajstić information content (AvgIpc) is 3.04. The third-order valence-electron chi connectivity index (χ3n) is 3.45. The highest BCUT2D eigenvalue weighted by Crippen LogP contribution is 2.28. The van der Waals surface area contributed by atoms with E-state index in [1.54, 1.807) is 24.3 Å². The van der Waals surface area contributed by atoms with Gasteiger partial charge in [0.15, 0.2) is 5.17 Å². The third-order valence-corrected chi connectivity index (χ3v) is 8.78. The zero-order valence-corrected chi connectivity index (χ0v) is 18.7. The number of halogens is 2. The summed E-state index contributed by atoms with van der Waals surface area (Å²) in [6.45, 7) is 0.164. The summed E-state index contributed by atoms with van der Waals surface area (Å²) in [6, 6.07) is 12.2. The maximum absolute atomic E-state index is 12.8. The summed E-state index contributed by atoms with van der Waals surface area (Å²) in [6.07, 6.45) is 0. The minimum Gasteiger partial charge on any atom is -0.243 e. The van der Waals surface area contributed by atoms with Crippen molar-refractivity contribution in [2.24, 2.45) is 4.40 Å². The molecule has 0 aliphatic carbocycles. The molecule has 1 heterocycles. The van der Waals surface area contributed by atoms with Crippen LogP contribution < -0.4 is 0 Å². The standard InChI is InChI=1S/C15H12Br2N2O4S3/c16-11-1-5-13(6-2-11)25(20,21)18-15-19(9-10-24-15)26(22,23)14-7-3-12(17)4-8-14/h1-8H,9-10H2. The van der Waals surface area contributed by atoms with Gasteiger partial charge in [0.25, 0.3) is 20.0 Å². The number of hydrogen-bond acceptors (Lipinski definition) is 5. The summed E-state index contributed by atoms with van der Waals surface area (Å²) >= 11 is 7.60. The van der Waals surface area contributed by atoms with Crippen molar-refractivity contribution >= 4 is 68.8 Å². The molecular weight excluding hydrogens is 528 g/mol. The zero-order valence-electron chi connectivity index (χ0n) is 13.0. The normalized spacial score (nSPS) is 17.0. The van der Waals surface area contributed by atoms with Gasteiger partial charge in [-0.2, -0.15) is 8.42 Å². The van der Waals surface area contributed by atoms with E-state index in [4.69, 9.17) is 0 Å². The summed E-state index contributed by atoms with van der Waals surface area (Å²) < 4.78 is 57.0. The molecule has 0 radical (unpaired) electrons. The lowest BCUT2D eigenvalue weighted by atomic mass is 10.4. The predicted molar refractivity (Wildman–Crippen MR) is 109 cm³/mol. The van der Waals surface area contributed by atoms with Crippen LogP contribution in [0.2, 0.25) is 0 Å². The van der Waals surface area contributed by atoms with Crippen molar-refractivity contribution in [3.63, 3.8) is 0 Å². The van der Waals surface area contributed by atoms with Gasteiger partial charge in [-0.05, 0) is 48.5 Å². The van der Waals surface area contributed by atoms with E-state index < -0.39 is 20.0 Å². The van der Waals surface area contributed by atoms with E-state index in [9.17, 15) is 16.8 Å². The number of benzene rings is 2. The van der Waals surface area contributed by atoms with Gasteiger partial charge in [-0.25, -0.2) is 12.7 Å². The number of hydrogen-bond donors (Lipinski definition) is 0. The molecular formula is C15H12Br2N2O4S3. The van der Waals surface area contributed by atoms with E-state index in [1.807, 2.05) is 0 Å². The van der Waals surface area contributed by atoms with Gasteiger partial charge in [0.1, 0.15) is 0 Å². The van der Waals surface area contributed by atoms with Crippen molar-refractivity contribution in [3.05, 3.63) is 57.5 Å². The lowest BCUT2D eigenvalue weighted by Crippen LogP contribution is -2.32. The van der Waals surface area contributed by atoms with Gasteiger partial charge < -0.3 is 0 Å². The van der Waals surface area contributed by atoms with Crippen LogP contribution >= 0.6 is 43.6 Å². The van der Waals surface area contributed by atoms with Crippen LogP contribution in [0.5, 0.6) is 0 Å². The first-order valence-electron chi connectivity index (χ1n) is 7.22. The Morgan fingerprint density at radius 1 is 0.846 bits per heavy atom. The van der Waals surface area contributed by atoms with Crippen molar-refractivity contribution in [2.75, 3.05) is 12.3 Å². The van der Waals surface area contributed by atoms with Crippen molar-refractivity contribution in [1.29, 1.82) is 0 Å². The molecule has 0 aromatic heterocycles. The van der Waals surface area contributed by atoms with Gasteiger partial charge in [-0.1, -0.05) is 43.6 Å². The van der Waals surface area contributed by atoms with Crippen molar-refractivity contribution in [3.8, 4) is 0 Å². The molecule has 3 rings (SSSR count). The second-order valence-electron chi connectivity index (χ2n) is 5.18. The Labute approximate surface area is 173 Å². The van der Waals surface area contributed by atoms with Crippen LogP contribution in [0.15, 0.2) is 71.7 Å². The van der Waals surface area contributed by atoms with Gasteiger partial charge in [0, 0.05) is 21.2 Å². The minimum atomic E-state index is -4.01. The minimum absolute atomic E-state index is 0.00156. The lowest BCUT2D eigenvalue weighted by Gasteiger charge is -2.18. The van der Waals surface area contributed by atoms with Crippen LogP contribution in [0.1, 0.15) is 0 Å². The summed E-state index contributed by atoms with van der Waals surface area (Å²) in [5.74, 6) is 0.435. The van der Waals surface area contributed by atoms with Crippen molar-refractivity contribution in [2.45, 2.75) is 9.79 Å². The predicted octanol–water partition coefficient (Wildman–Crippen LogP) is 3.69. The lowest BCUT2D eigenvalue weighted by molar-refractivity contribution is 0.540. The van der Waals surface area contributed by atoms with E-state index in [0.717, 1.165) is 25.0 Å². The second-order valence-corrected chi connectivity index (χ2v) is 11.5. The molecule has 0 N–H and O–H groups in total. The smallest absolute Gasteiger partial charge is 0.243 e. The molecule has 26 heavy (non-hydrogen) atoms. The molecule has 1 aliphatic heterocycles. The van der Waals surface area contributed by atoms with Crippen LogP contribution in [-0.4, -0.2) is 38.6 Å². The Bertz CT molecular complexity index is 1050. The molecule has 1 saturated heterocycles. The quantitative estimate of drug-likeness (QED) is 0.591. The fourth-order valence-electron chi connectivity index (χ4n) is 2.18. The summed E-state index contributed by atoms with van der Waals surface area (Å²) in [7, 11) is -7.89. The number of rotatable bonds is 4. The number of sulfonamides is 2. The largest absolute Gasteiger partial charge is 0.284 e. The molecule has 2 aromatic carbocycles. The van der Waals surface area contributed by atoms with Gasteiger partial charge in [-0.3, -0.25) is 0 Å². The molecule has 11 heteroatoms. The van der Waals surface area contributed by atoms with E-state index in [-0.39, 0.29) is 21.5 Å². The highest BCUT2D eigenvalue weighted by atomic mass is 79.9. The van der Waals surface area contributed by atoms with E-state index in [0.29, 0.717) is 5.75 Å². The molecule has 138 valence electrons. The topological polar surface area (TPSA) is 83.9 Å². The van der Waals surface area contributed by atoms with Crippen LogP contribution in [0.3, 0.4) is 0 Å². The summed E-state index contributed by atoms with van der Waals surface area (Å²) in [4.78, 5) is 0.0821. The third kappa shape index (κ3) is 4.16. The van der Waals surface area contributed by atoms with Gasteiger partial charge >= 0.3 is 0 Å². The molecule has 0 amide bonds. The Morgan fingerprint density at radius 3 is 1.88 bits per heavy atom. The maximum Gasteiger partial charge on any atom is 0.284 e. The monoisotopic (exact) mass is 538 g/mol. The van der Waals surface area contributed by atoms with E-state index in [1.165, 1.54) is 24.3 Å². The number of thioether (sulfide) groups is 1. The average molecular weight is 540 g/mol. The van der Waals surface area contributed by atoms with Crippen molar-refractivity contribution in [1.82, 2.24) is 4.31 Å². The number of nitrogens with zero attached hydrogens (tertiary/aromatic N) is 2. The van der Waals surface area contributed by atoms with Crippen LogP contribution in [-0.2, 0) is 20.0 Å². The second kappa shape index (κ2) is 7.63. The highest BCUT2D eigenvalue weighted by Gasteiger charge is 2.33. The van der Waals surface area contributed by atoms with Crippen LogP contribution in [0.4, 0.5) is 0 Å². The van der Waals surface area contributed by atoms with Gasteiger partial charge in [0.2, 0.25) is 0 Å². The van der Waals surface area contributed by atoms with Gasteiger partial charge in [-0.15, -0.1) is 4.40 Å². The maximum atomic E-state index is 12.8. The Hall–Kier alpha value is -0.880. The first-order valence-corrected chi connectivity index (χ1v) is 12.7. The van der Waals surface area contributed by atoms with E-state index in [2.05, 4.69) is 36.3 Å². The molecule has 1 aliphatic rings. The Kier molecular flexibility index (Phi) is 5.83. The molecule has 0 atom stereocenters. The molecule has 0 unspecified atom stereocenters. The number of amidine groups is 1. The van der Waals surface area contributed by atoms with Crippen molar-refractivity contribution < 1.29 is 16.8 Å². The summed E-state index contributed by atoms with van der Waals surface area (Å²) in [5.41, 5.74) is 0. The summed E-state index contributed by atoms with van der Waals surface area (Å²) in [5, 5.41) is -0.0455. The molecule has 0 saturated carbocycles.